The molecule has 0 radical (unpaired) electrons. The molecule has 0 fully saturated rings. The molecule has 4 aromatic rings. The maximum absolute atomic E-state index is 12.6. The first-order chi connectivity index (χ1) is 13.4. The highest BCUT2D eigenvalue weighted by Gasteiger charge is 2.13. The van der Waals surface area contributed by atoms with Gasteiger partial charge in [0.1, 0.15) is 0 Å². The first-order valence-corrected chi connectivity index (χ1v) is 10.2. The Labute approximate surface area is 181 Å². The number of aromatic nitrogens is 2. The highest BCUT2D eigenvalue weighted by atomic mass is 35.5. The lowest BCUT2D eigenvalue weighted by molar-refractivity contribution is -0.115. The van der Waals surface area contributed by atoms with Gasteiger partial charge >= 0.3 is 0 Å². The molecule has 0 aliphatic carbocycles. The number of imidazole rings is 1. The van der Waals surface area contributed by atoms with Gasteiger partial charge in [-0.3, -0.25) is 9.20 Å². The van der Waals surface area contributed by atoms with Crippen molar-refractivity contribution in [2.75, 3.05) is 5.32 Å². The van der Waals surface area contributed by atoms with Gasteiger partial charge in [-0.05, 0) is 68.1 Å². The van der Waals surface area contributed by atoms with E-state index in [4.69, 9.17) is 4.98 Å². The lowest BCUT2D eigenvalue weighted by Gasteiger charge is -2.07. The van der Waals surface area contributed by atoms with Crippen molar-refractivity contribution in [3.05, 3.63) is 75.9 Å². The fourth-order valence-electron chi connectivity index (χ4n) is 3.41. The molecule has 0 aliphatic heterocycles. The fraction of sp³-hybridized carbons (Fsp3) is 0.217. The largest absolute Gasteiger partial charge is 0.326 e. The number of carbonyl (C=O) groups is 1. The molecule has 0 atom stereocenters. The number of benzene rings is 2. The van der Waals surface area contributed by atoms with Gasteiger partial charge in [-0.15, -0.1) is 23.7 Å². The molecule has 4 nitrogen and oxygen atoms in total. The first-order valence-electron chi connectivity index (χ1n) is 9.30. The van der Waals surface area contributed by atoms with Crippen molar-refractivity contribution in [2.45, 2.75) is 34.1 Å². The van der Waals surface area contributed by atoms with E-state index in [1.54, 1.807) is 11.3 Å². The van der Waals surface area contributed by atoms with E-state index in [0.717, 1.165) is 38.7 Å². The Morgan fingerprint density at radius 3 is 2.45 bits per heavy atom. The van der Waals surface area contributed by atoms with Gasteiger partial charge in [0.05, 0.1) is 12.1 Å². The molecular weight excluding hydrogens is 402 g/mol. The van der Waals surface area contributed by atoms with Crippen LogP contribution in [0.2, 0.25) is 0 Å². The molecule has 2 heterocycles. The molecule has 6 heteroatoms. The Kier molecular flexibility index (Phi) is 6.10. The summed E-state index contributed by atoms with van der Waals surface area (Å²) in [5.41, 5.74) is 8.63. The van der Waals surface area contributed by atoms with Crippen LogP contribution in [0.1, 0.15) is 27.9 Å². The minimum Gasteiger partial charge on any atom is -0.326 e. The summed E-state index contributed by atoms with van der Waals surface area (Å²) in [7, 11) is 0. The summed E-state index contributed by atoms with van der Waals surface area (Å²) in [5.74, 6) is -0.0221. The van der Waals surface area contributed by atoms with Crippen LogP contribution >= 0.6 is 23.7 Å². The maximum Gasteiger partial charge on any atom is 0.230 e. The maximum atomic E-state index is 12.6. The van der Waals surface area contributed by atoms with Crippen molar-refractivity contribution >= 4 is 40.3 Å². The van der Waals surface area contributed by atoms with E-state index in [9.17, 15) is 4.79 Å². The van der Waals surface area contributed by atoms with Crippen LogP contribution in [0.15, 0.2) is 48.0 Å². The van der Waals surface area contributed by atoms with E-state index in [-0.39, 0.29) is 18.3 Å². The molecule has 1 N–H and O–H groups in total. The predicted molar refractivity (Wildman–Crippen MR) is 123 cm³/mol. The molecule has 29 heavy (non-hydrogen) atoms. The zero-order chi connectivity index (χ0) is 19.8. The number of hydrogen-bond donors (Lipinski definition) is 1. The summed E-state index contributed by atoms with van der Waals surface area (Å²) in [6.45, 7) is 8.28. The molecule has 2 aromatic carbocycles. The number of nitrogens with zero attached hydrogens (tertiary/aromatic N) is 2. The van der Waals surface area contributed by atoms with Crippen molar-refractivity contribution in [2.24, 2.45) is 0 Å². The summed E-state index contributed by atoms with van der Waals surface area (Å²) in [5, 5.41) is 5.02. The Balaban J connectivity index is 0.00000240. The minimum absolute atomic E-state index is 0. The number of fused-ring (bicyclic) bond motifs is 1. The Hall–Kier alpha value is -2.63. The highest BCUT2D eigenvalue weighted by Crippen LogP contribution is 2.25. The van der Waals surface area contributed by atoms with Crippen LogP contribution in [0.5, 0.6) is 0 Å². The van der Waals surface area contributed by atoms with Crippen molar-refractivity contribution in [3.8, 4) is 11.3 Å². The van der Waals surface area contributed by atoms with Gasteiger partial charge in [0, 0.05) is 28.5 Å². The van der Waals surface area contributed by atoms with Crippen LogP contribution in [-0.4, -0.2) is 15.3 Å². The standard InChI is InChI=1S/C23H23N3OS.ClH/c1-14-7-15(2)9-19(8-14)24-22(27)11-20-13-28-23-25-21(12-26(20)23)18-6-5-16(3)17(4)10-18;/h5-10,12-13H,11H2,1-4H3,(H,24,27);1H. The van der Waals surface area contributed by atoms with E-state index in [1.165, 1.54) is 11.1 Å². The number of halogens is 1. The van der Waals surface area contributed by atoms with Crippen LogP contribution in [0.4, 0.5) is 5.69 Å². The molecule has 0 bridgehead atoms. The summed E-state index contributed by atoms with van der Waals surface area (Å²) in [4.78, 5) is 18.2. The molecule has 2 aromatic heterocycles. The minimum atomic E-state index is -0.0221. The first kappa shape index (κ1) is 21.1. The average Bonchev–Trinajstić information content (AvgIpc) is 3.18. The van der Waals surface area contributed by atoms with Crippen molar-refractivity contribution in [3.63, 3.8) is 0 Å². The van der Waals surface area contributed by atoms with Crippen LogP contribution in [0.3, 0.4) is 0 Å². The summed E-state index contributed by atoms with van der Waals surface area (Å²) in [6, 6.07) is 12.5. The monoisotopic (exact) mass is 425 g/mol. The third kappa shape index (κ3) is 4.52. The number of thiazole rings is 1. The molecule has 0 spiro atoms. The van der Waals surface area contributed by atoms with Crippen molar-refractivity contribution in [1.29, 1.82) is 0 Å². The number of anilines is 1. The lowest BCUT2D eigenvalue weighted by atomic mass is 10.0. The normalized spacial score (nSPS) is 10.8. The third-order valence-corrected chi connectivity index (χ3v) is 5.82. The molecule has 4 rings (SSSR count). The Morgan fingerprint density at radius 2 is 1.76 bits per heavy atom. The smallest absolute Gasteiger partial charge is 0.230 e. The predicted octanol–water partition coefficient (Wildman–Crippen LogP) is 5.90. The Bertz CT molecular complexity index is 1170. The number of hydrogen-bond acceptors (Lipinski definition) is 3. The van der Waals surface area contributed by atoms with E-state index in [1.807, 2.05) is 42.0 Å². The molecule has 150 valence electrons. The van der Waals surface area contributed by atoms with E-state index in [0.29, 0.717) is 6.42 Å². The van der Waals surface area contributed by atoms with Crippen molar-refractivity contribution in [1.82, 2.24) is 9.38 Å². The van der Waals surface area contributed by atoms with E-state index >= 15 is 0 Å². The second-order valence-corrected chi connectivity index (χ2v) is 8.24. The van der Waals surface area contributed by atoms with E-state index in [2.05, 4.69) is 43.4 Å². The average molecular weight is 426 g/mol. The summed E-state index contributed by atoms with van der Waals surface area (Å²) >= 11 is 1.56. The highest BCUT2D eigenvalue weighted by molar-refractivity contribution is 7.15. The zero-order valence-electron chi connectivity index (χ0n) is 16.9. The molecule has 0 saturated carbocycles. The number of aryl methyl sites for hydroxylation is 4. The quantitative estimate of drug-likeness (QED) is 0.442. The second-order valence-electron chi connectivity index (χ2n) is 7.41. The van der Waals surface area contributed by atoms with Gasteiger partial charge < -0.3 is 5.32 Å². The SMILES string of the molecule is Cc1cc(C)cc(NC(=O)Cc2csc3nc(-c4ccc(C)c(C)c4)cn23)c1.Cl. The fourth-order valence-corrected chi connectivity index (χ4v) is 4.29. The third-order valence-electron chi connectivity index (χ3n) is 4.93. The molecule has 0 saturated heterocycles. The van der Waals surface area contributed by atoms with Crippen molar-refractivity contribution < 1.29 is 4.79 Å². The topological polar surface area (TPSA) is 46.4 Å². The molecule has 0 aliphatic rings. The van der Waals surface area contributed by atoms with Gasteiger partial charge in [0.25, 0.3) is 0 Å². The second kappa shape index (κ2) is 8.39. The van der Waals surface area contributed by atoms with Gasteiger partial charge in [-0.2, -0.15) is 0 Å². The lowest BCUT2D eigenvalue weighted by Crippen LogP contribution is -2.15. The van der Waals surface area contributed by atoms with E-state index < -0.39 is 0 Å². The summed E-state index contributed by atoms with van der Waals surface area (Å²) < 4.78 is 2.02. The molecular formula is C23H24ClN3OS. The number of carbonyl (C=O) groups excluding carboxylic acids is 1. The van der Waals surface area contributed by atoms with Crippen LogP contribution < -0.4 is 5.32 Å². The van der Waals surface area contributed by atoms with Gasteiger partial charge in [0.15, 0.2) is 4.96 Å². The van der Waals surface area contributed by atoms with Gasteiger partial charge in [0.2, 0.25) is 5.91 Å². The van der Waals surface area contributed by atoms with Gasteiger partial charge in [-0.25, -0.2) is 4.98 Å². The zero-order valence-corrected chi connectivity index (χ0v) is 18.6. The Morgan fingerprint density at radius 1 is 1.03 bits per heavy atom. The number of rotatable bonds is 4. The van der Waals surface area contributed by atoms with Crippen LogP contribution in [-0.2, 0) is 11.2 Å². The van der Waals surface area contributed by atoms with Crippen LogP contribution in [0, 0.1) is 27.7 Å². The van der Waals surface area contributed by atoms with Crippen LogP contribution in [0.25, 0.3) is 16.2 Å². The molecule has 0 unspecified atom stereocenters. The van der Waals surface area contributed by atoms with Gasteiger partial charge in [-0.1, -0.05) is 18.2 Å². The molecule has 1 amide bonds. The number of amides is 1. The summed E-state index contributed by atoms with van der Waals surface area (Å²) in [6.07, 6.45) is 2.34. The number of nitrogens with one attached hydrogen (secondary N) is 1.